The van der Waals surface area contributed by atoms with Crippen molar-refractivity contribution in [2.75, 3.05) is 39.5 Å². The summed E-state index contributed by atoms with van der Waals surface area (Å²) in [6.45, 7) is 4.65. The zero-order valence-electron chi connectivity index (χ0n) is 14.6. The van der Waals surface area contributed by atoms with Gasteiger partial charge in [0.25, 0.3) is 0 Å². The van der Waals surface area contributed by atoms with Crippen molar-refractivity contribution in [2.45, 2.75) is 37.8 Å². The third kappa shape index (κ3) is 5.68. The van der Waals surface area contributed by atoms with Gasteiger partial charge in [-0.05, 0) is 37.0 Å². The third-order valence-corrected chi connectivity index (χ3v) is 5.20. The minimum atomic E-state index is 0.0997. The number of nitrogens with zero attached hydrogens (tertiary/aromatic N) is 1. The number of ether oxygens (including phenoxy) is 2. The van der Waals surface area contributed by atoms with Gasteiger partial charge >= 0.3 is 0 Å². The summed E-state index contributed by atoms with van der Waals surface area (Å²) in [6.07, 6.45) is 3.80. The lowest BCUT2D eigenvalue weighted by atomic mass is 10.0. The number of halogens is 1. The number of amides is 1. The number of hydrogen-bond donors (Lipinski definition) is 1. The molecule has 2 aliphatic rings. The molecule has 3 rings (SSSR count). The molecule has 0 aliphatic carbocycles. The zero-order chi connectivity index (χ0) is 17.5. The molecule has 1 amide bonds. The molecule has 0 spiro atoms. The Hall–Kier alpha value is -1.14. The summed E-state index contributed by atoms with van der Waals surface area (Å²) in [5.74, 6) is 0.0997. The highest BCUT2D eigenvalue weighted by Gasteiger charge is 2.23. The average Bonchev–Trinajstić information content (AvgIpc) is 3.16. The maximum atomic E-state index is 12.2. The molecule has 1 aromatic rings. The second-order valence-electron chi connectivity index (χ2n) is 6.69. The van der Waals surface area contributed by atoms with Crippen LogP contribution in [0.1, 0.15) is 37.3 Å². The Morgan fingerprint density at radius 3 is 2.68 bits per heavy atom. The summed E-state index contributed by atoms with van der Waals surface area (Å²) in [5.41, 5.74) is 1.17. The maximum absolute atomic E-state index is 12.2. The first-order valence-corrected chi connectivity index (χ1v) is 9.56. The summed E-state index contributed by atoms with van der Waals surface area (Å²) in [7, 11) is 0. The van der Waals surface area contributed by atoms with E-state index in [0.717, 1.165) is 57.2 Å². The van der Waals surface area contributed by atoms with E-state index in [-0.39, 0.29) is 18.1 Å². The molecule has 2 unspecified atom stereocenters. The van der Waals surface area contributed by atoms with Crippen LogP contribution in [0.3, 0.4) is 0 Å². The van der Waals surface area contributed by atoms with Crippen molar-refractivity contribution in [2.24, 2.45) is 0 Å². The standard InChI is InChI=1S/C19H27ClN2O3/c20-16-5-3-15(4-6-16)18(22-9-12-24-13-10-22)14-21-19(23)8-7-17-2-1-11-25-17/h3-6,17-18H,1-2,7-14H2,(H,21,23). The van der Waals surface area contributed by atoms with E-state index in [1.54, 1.807) is 0 Å². The molecule has 2 aliphatic heterocycles. The first-order valence-electron chi connectivity index (χ1n) is 9.18. The molecule has 0 bridgehead atoms. The van der Waals surface area contributed by atoms with E-state index in [1.807, 2.05) is 24.3 Å². The number of rotatable bonds is 7. The maximum Gasteiger partial charge on any atom is 0.220 e. The fourth-order valence-electron chi connectivity index (χ4n) is 3.49. The molecule has 6 heteroatoms. The smallest absolute Gasteiger partial charge is 0.220 e. The fraction of sp³-hybridized carbons (Fsp3) is 0.632. The van der Waals surface area contributed by atoms with Gasteiger partial charge in [0.2, 0.25) is 5.91 Å². The van der Waals surface area contributed by atoms with Gasteiger partial charge in [0.05, 0.1) is 25.4 Å². The molecule has 1 aromatic carbocycles. The van der Waals surface area contributed by atoms with Crippen LogP contribution in [0.2, 0.25) is 5.02 Å². The van der Waals surface area contributed by atoms with Crippen LogP contribution >= 0.6 is 11.6 Å². The highest BCUT2D eigenvalue weighted by molar-refractivity contribution is 6.30. The Kier molecular flexibility index (Phi) is 7.11. The van der Waals surface area contributed by atoms with E-state index in [4.69, 9.17) is 21.1 Å². The monoisotopic (exact) mass is 366 g/mol. The number of morpholine rings is 1. The number of carbonyl (C=O) groups is 1. The average molecular weight is 367 g/mol. The summed E-state index contributed by atoms with van der Waals surface area (Å²) >= 11 is 6.02. The first-order chi connectivity index (χ1) is 12.2. The fourth-order valence-corrected chi connectivity index (χ4v) is 3.62. The minimum Gasteiger partial charge on any atom is -0.379 e. The van der Waals surface area contributed by atoms with Crippen LogP contribution in [0.4, 0.5) is 0 Å². The second kappa shape index (κ2) is 9.53. The molecule has 2 fully saturated rings. The molecule has 2 atom stereocenters. The molecule has 2 saturated heterocycles. The van der Waals surface area contributed by atoms with Crippen LogP contribution in [-0.2, 0) is 14.3 Å². The highest BCUT2D eigenvalue weighted by Crippen LogP contribution is 2.23. The lowest BCUT2D eigenvalue weighted by molar-refractivity contribution is -0.122. The molecule has 1 N–H and O–H groups in total. The van der Waals surface area contributed by atoms with Crippen molar-refractivity contribution in [1.29, 1.82) is 0 Å². The van der Waals surface area contributed by atoms with Gasteiger partial charge in [-0.3, -0.25) is 9.69 Å². The van der Waals surface area contributed by atoms with Crippen LogP contribution in [0.15, 0.2) is 24.3 Å². The van der Waals surface area contributed by atoms with E-state index in [0.29, 0.717) is 13.0 Å². The lowest BCUT2D eigenvalue weighted by Gasteiger charge is -2.35. The summed E-state index contributed by atoms with van der Waals surface area (Å²) < 4.78 is 11.1. The van der Waals surface area contributed by atoms with Gasteiger partial charge in [-0.15, -0.1) is 0 Å². The topological polar surface area (TPSA) is 50.8 Å². The van der Waals surface area contributed by atoms with Gasteiger partial charge in [-0.2, -0.15) is 0 Å². The lowest BCUT2D eigenvalue weighted by Crippen LogP contribution is -2.43. The highest BCUT2D eigenvalue weighted by atomic mass is 35.5. The molecule has 5 nitrogen and oxygen atoms in total. The van der Waals surface area contributed by atoms with Crippen LogP contribution in [-0.4, -0.2) is 56.4 Å². The van der Waals surface area contributed by atoms with E-state index >= 15 is 0 Å². The van der Waals surface area contributed by atoms with Gasteiger partial charge in [0, 0.05) is 37.7 Å². The Balaban J connectivity index is 1.55. The SMILES string of the molecule is O=C(CCC1CCCO1)NCC(c1ccc(Cl)cc1)N1CCOCC1. The number of nitrogens with one attached hydrogen (secondary N) is 1. The number of hydrogen-bond acceptors (Lipinski definition) is 4. The van der Waals surface area contributed by atoms with E-state index in [2.05, 4.69) is 10.2 Å². The molecular formula is C19H27ClN2O3. The van der Waals surface area contributed by atoms with Crippen LogP contribution in [0, 0.1) is 0 Å². The molecule has 25 heavy (non-hydrogen) atoms. The van der Waals surface area contributed by atoms with Crippen molar-refractivity contribution in [1.82, 2.24) is 10.2 Å². The Bertz CT molecular complexity index is 540. The van der Waals surface area contributed by atoms with Gasteiger partial charge in [-0.1, -0.05) is 23.7 Å². The van der Waals surface area contributed by atoms with E-state index in [1.165, 1.54) is 5.56 Å². The largest absolute Gasteiger partial charge is 0.379 e. The summed E-state index contributed by atoms with van der Waals surface area (Å²) in [5, 5.41) is 3.83. The normalized spacial score (nSPS) is 22.7. The summed E-state index contributed by atoms with van der Waals surface area (Å²) in [6, 6.07) is 8.04. The van der Waals surface area contributed by atoms with Crippen LogP contribution < -0.4 is 5.32 Å². The molecular weight excluding hydrogens is 340 g/mol. The molecule has 0 saturated carbocycles. The number of carbonyl (C=O) groups excluding carboxylic acids is 1. The Morgan fingerprint density at radius 2 is 2.00 bits per heavy atom. The predicted octanol–water partition coefficient (Wildman–Crippen LogP) is 2.79. The Morgan fingerprint density at radius 1 is 1.24 bits per heavy atom. The van der Waals surface area contributed by atoms with Crippen LogP contribution in [0.25, 0.3) is 0 Å². The van der Waals surface area contributed by atoms with Crippen molar-refractivity contribution in [3.05, 3.63) is 34.9 Å². The quantitative estimate of drug-likeness (QED) is 0.806. The third-order valence-electron chi connectivity index (χ3n) is 4.95. The van der Waals surface area contributed by atoms with Crippen molar-refractivity contribution < 1.29 is 14.3 Å². The van der Waals surface area contributed by atoms with E-state index in [9.17, 15) is 4.79 Å². The predicted molar refractivity (Wildman–Crippen MR) is 97.8 cm³/mol. The molecule has 138 valence electrons. The van der Waals surface area contributed by atoms with Gasteiger partial charge in [0.15, 0.2) is 0 Å². The van der Waals surface area contributed by atoms with Crippen molar-refractivity contribution in [3.8, 4) is 0 Å². The first kappa shape index (κ1) is 18.6. The van der Waals surface area contributed by atoms with Gasteiger partial charge < -0.3 is 14.8 Å². The Labute approximate surface area is 154 Å². The van der Waals surface area contributed by atoms with Gasteiger partial charge in [0.1, 0.15) is 0 Å². The summed E-state index contributed by atoms with van der Waals surface area (Å²) in [4.78, 5) is 14.6. The number of benzene rings is 1. The molecule has 2 heterocycles. The molecule has 0 radical (unpaired) electrons. The van der Waals surface area contributed by atoms with E-state index < -0.39 is 0 Å². The van der Waals surface area contributed by atoms with Crippen molar-refractivity contribution in [3.63, 3.8) is 0 Å². The molecule has 0 aromatic heterocycles. The van der Waals surface area contributed by atoms with Crippen molar-refractivity contribution >= 4 is 17.5 Å². The minimum absolute atomic E-state index is 0.0997. The zero-order valence-corrected chi connectivity index (χ0v) is 15.3. The van der Waals surface area contributed by atoms with Gasteiger partial charge in [-0.25, -0.2) is 0 Å². The van der Waals surface area contributed by atoms with Crippen LogP contribution in [0.5, 0.6) is 0 Å². The second-order valence-corrected chi connectivity index (χ2v) is 7.13.